The van der Waals surface area contributed by atoms with Crippen molar-refractivity contribution in [2.24, 2.45) is 4.99 Å². The molecule has 21 heavy (non-hydrogen) atoms. The number of halogens is 2. The van der Waals surface area contributed by atoms with Crippen LogP contribution in [0.5, 0.6) is 0 Å². The second kappa shape index (κ2) is 5.39. The van der Waals surface area contributed by atoms with Crippen LogP contribution in [-0.2, 0) is 4.79 Å². The molecule has 0 aliphatic carbocycles. The zero-order valence-electron chi connectivity index (χ0n) is 10.7. The zero-order chi connectivity index (χ0) is 15.0. The highest BCUT2D eigenvalue weighted by atomic mass is 35.5. The van der Waals surface area contributed by atoms with E-state index in [1.807, 2.05) is 0 Å². The average Bonchev–Trinajstić information content (AvgIpc) is 2.47. The summed E-state index contributed by atoms with van der Waals surface area (Å²) in [5.74, 6) is -0.528. The van der Waals surface area contributed by atoms with E-state index in [9.17, 15) is 9.90 Å². The Kier molecular flexibility index (Phi) is 3.57. The number of fused-ring (bicyclic) bond motifs is 1. The summed E-state index contributed by atoms with van der Waals surface area (Å²) in [5.41, 5.74) is 1.78. The van der Waals surface area contributed by atoms with Gasteiger partial charge in [0.05, 0.1) is 10.7 Å². The molecule has 0 fully saturated rings. The number of carboxylic acids is 1. The number of aliphatic imine (C=N–C) groups is 1. The SMILES string of the molecule is O=C(O)C1NC(c2ccc(Cl)cc2)=Nc2c(Cl)cccc21. The van der Waals surface area contributed by atoms with Gasteiger partial charge in [-0.1, -0.05) is 35.3 Å². The van der Waals surface area contributed by atoms with Crippen LogP contribution in [0.1, 0.15) is 17.2 Å². The molecular weight excluding hydrogens is 311 g/mol. The van der Waals surface area contributed by atoms with Crippen molar-refractivity contribution in [1.82, 2.24) is 5.32 Å². The van der Waals surface area contributed by atoms with Gasteiger partial charge in [-0.2, -0.15) is 0 Å². The molecule has 2 aromatic carbocycles. The van der Waals surface area contributed by atoms with Crippen LogP contribution in [0.3, 0.4) is 0 Å². The Labute approximate surface area is 131 Å². The van der Waals surface area contributed by atoms with Crippen LogP contribution in [0.2, 0.25) is 10.0 Å². The van der Waals surface area contributed by atoms with E-state index in [1.165, 1.54) is 0 Å². The van der Waals surface area contributed by atoms with Gasteiger partial charge < -0.3 is 10.4 Å². The number of benzene rings is 2. The molecule has 2 N–H and O–H groups in total. The highest BCUT2D eigenvalue weighted by Gasteiger charge is 2.29. The number of amidine groups is 1. The number of nitrogens with zero attached hydrogens (tertiary/aromatic N) is 1. The Balaban J connectivity index is 2.13. The molecule has 1 heterocycles. The predicted molar refractivity (Wildman–Crippen MR) is 82.6 cm³/mol. The van der Waals surface area contributed by atoms with Crippen molar-refractivity contribution in [2.75, 3.05) is 0 Å². The Morgan fingerprint density at radius 3 is 2.52 bits per heavy atom. The standard InChI is InChI=1S/C15H10Cl2N2O2/c16-9-6-4-8(5-7-9)14-18-12-10(2-1-3-11(12)17)13(19-14)15(20)21/h1-7,13H,(H,18,19)(H,20,21). The highest BCUT2D eigenvalue weighted by Crippen LogP contribution is 2.36. The average molecular weight is 321 g/mol. The third kappa shape index (κ3) is 2.60. The molecule has 0 aromatic heterocycles. The number of hydrogen-bond donors (Lipinski definition) is 2. The molecule has 0 saturated carbocycles. The molecule has 3 rings (SSSR count). The molecule has 0 radical (unpaired) electrons. The third-order valence-electron chi connectivity index (χ3n) is 3.20. The van der Waals surface area contributed by atoms with Crippen LogP contribution in [0.15, 0.2) is 47.5 Å². The molecule has 0 spiro atoms. The van der Waals surface area contributed by atoms with Crippen LogP contribution in [0.4, 0.5) is 5.69 Å². The van der Waals surface area contributed by atoms with E-state index in [1.54, 1.807) is 42.5 Å². The minimum absolute atomic E-state index is 0.423. The Bertz CT molecular complexity index is 742. The predicted octanol–water partition coefficient (Wildman–Crippen LogP) is 3.80. The Morgan fingerprint density at radius 1 is 1.14 bits per heavy atom. The molecule has 0 saturated heterocycles. The summed E-state index contributed by atoms with van der Waals surface area (Å²) in [4.78, 5) is 15.9. The molecule has 1 aliphatic rings. The van der Waals surface area contributed by atoms with E-state index in [2.05, 4.69) is 10.3 Å². The summed E-state index contributed by atoms with van der Waals surface area (Å²) < 4.78 is 0. The second-order valence-electron chi connectivity index (χ2n) is 4.56. The number of aliphatic carboxylic acids is 1. The van der Waals surface area contributed by atoms with Gasteiger partial charge in [0.25, 0.3) is 0 Å². The molecule has 0 bridgehead atoms. The van der Waals surface area contributed by atoms with Crippen molar-refractivity contribution >= 4 is 40.7 Å². The Morgan fingerprint density at radius 2 is 1.86 bits per heavy atom. The molecule has 1 unspecified atom stereocenters. The van der Waals surface area contributed by atoms with Crippen LogP contribution in [0.25, 0.3) is 0 Å². The van der Waals surface area contributed by atoms with E-state index in [0.29, 0.717) is 27.1 Å². The maximum atomic E-state index is 11.5. The molecule has 1 atom stereocenters. The van der Waals surface area contributed by atoms with E-state index >= 15 is 0 Å². The minimum atomic E-state index is -0.986. The van der Waals surface area contributed by atoms with Crippen molar-refractivity contribution in [2.45, 2.75) is 6.04 Å². The lowest BCUT2D eigenvalue weighted by atomic mass is 10.0. The number of carboxylic acid groups (broad SMARTS) is 1. The van der Waals surface area contributed by atoms with E-state index in [0.717, 1.165) is 5.56 Å². The first kappa shape index (κ1) is 13.9. The summed E-state index contributed by atoms with van der Waals surface area (Å²) in [5, 5.41) is 13.3. The molecular formula is C15H10Cl2N2O2. The lowest BCUT2D eigenvalue weighted by molar-refractivity contribution is -0.139. The number of carbonyl (C=O) groups is 1. The van der Waals surface area contributed by atoms with Crippen molar-refractivity contribution in [1.29, 1.82) is 0 Å². The van der Waals surface area contributed by atoms with Gasteiger partial charge in [0.15, 0.2) is 6.04 Å². The molecule has 4 nitrogen and oxygen atoms in total. The number of rotatable bonds is 2. The topological polar surface area (TPSA) is 61.7 Å². The number of nitrogens with one attached hydrogen (secondary N) is 1. The smallest absolute Gasteiger partial charge is 0.330 e. The quantitative estimate of drug-likeness (QED) is 0.884. The van der Waals surface area contributed by atoms with Crippen molar-refractivity contribution in [3.63, 3.8) is 0 Å². The largest absolute Gasteiger partial charge is 0.479 e. The molecule has 1 aliphatic heterocycles. The molecule has 0 amide bonds. The monoisotopic (exact) mass is 320 g/mol. The fraction of sp³-hybridized carbons (Fsp3) is 0.0667. The summed E-state index contributed by atoms with van der Waals surface area (Å²) in [6.45, 7) is 0. The molecule has 2 aromatic rings. The van der Waals surface area contributed by atoms with Crippen LogP contribution >= 0.6 is 23.2 Å². The summed E-state index contributed by atoms with van der Waals surface area (Å²) >= 11 is 12.0. The fourth-order valence-electron chi connectivity index (χ4n) is 2.19. The van der Waals surface area contributed by atoms with E-state index in [-0.39, 0.29) is 0 Å². The van der Waals surface area contributed by atoms with Crippen molar-refractivity contribution in [3.05, 3.63) is 63.6 Å². The van der Waals surface area contributed by atoms with Crippen LogP contribution in [-0.4, -0.2) is 16.9 Å². The lowest BCUT2D eigenvalue weighted by Crippen LogP contribution is -2.36. The van der Waals surface area contributed by atoms with Gasteiger partial charge in [0.1, 0.15) is 5.84 Å². The Hall–Kier alpha value is -2.04. The van der Waals surface area contributed by atoms with Gasteiger partial charge in [-0.15, -0.1) is 0 Å². The second-order valence-corrected chi connectivity index (χ2v) is 5.40. The van der Waals surface area contributed by atoms with Gasteiger partial charge in [-0.25, -0.2) is 9.79 Å². The molecule has 6 heteroatoms. The lowest BCUT2D eigenvalue weighted by Gasteiger charge is -2.24. The summed E-state index contributed by atoms with van der Waals surface area (Å²) in [6, 6.07) is 11.2. The first-order valence-electron chi connectivity index (χ1n) is 6.18. The fourth-order valence-corrected chi connectivity index (χ4v) is 2.54. The third-order valence-corrected chi connectivity index (χ3v) is 3.76. The summed E-state index contributed by atoms with van der Waals surface area (Å²) in [6.07, 6.45) is 0. The maximum Gasteiger partial charge on any atom is 0.330 e. The van der Waals surface area contributed by atoms with Gasteiger partial charge in [-0.3, -0.25) is 0 Å². The van der Waals surface area contributed by atoms with Gasteiger partial charge in [-0.05, 0) is 30.3 Å². The van der Waals surface area contributed by atoms with E-state index in [4.69, 9.17) is 23.2 Å². The van der Waals surface area contributed by atoms with Gasteiger partial charge >= 0.3 is 5.97 Å². The normalized spacial score (nSPS) is 16.7. The highest BCUT2D eigenvalue weighted by molar-refractivity contribution is 6.33. The van der Waals surface area contributed by atoms with E-state index < -0.39 is 12.0 Å². The maximum absolute atomic E-state index is 11.5. The van der Waals surface area contributed by atoms with Gasteiger partial charge in [0.2, 0.25) is 0 Å². The van der Waals surface area contributed by atoms with Crippen LogP contribution < -0.4 is 5.32 Å². The number of hydrogen-bond acceptors (Lipinski definition) is 3. The van der Waals surface area contributed by atoms with Gasteiger partial charge in [0, 0.05) is 16.1 Å². The minimum Gasteiger partial charge on any atom is -0.479 e. The zero-order valence-corrected chi connectivity index (χ0v) is 12.2. The van der Waals surface area contributed by atoms with Crippen LogP contribution in [0, 0.1) is 0 Å². The molecule has 106 valence electrons. The van der Waals surface area contributed by atoms with Crippen molar-refractivity contribution in [3.8, 4) is 0 Å². The number of para-hydroxylation sites is 1. The first-order chi connectivity index (χ1) is 10.1. The first-order valence-corrected chi connectivity index (χ1v) is 6.94. The van der Waals surface area contributed by atoms with Crippen molar-refractivity contribution < 1.29 is 9.90 Å². The summed E-state index contributed by atoms with van der Waals surface area (Å²) in [7, 11) is 0.